The Morgan fingerprint density at radius 3 is 2.69 bits per heavy atom. The average molecular weight is 219 g/mol. The van der Waals surface area contributed by atoms with Gasteiger partial charge in [-0.25, -0.2) is 4.98 Å². The number of nitrogens with zero attached hydrogens (tertiary/aromatic N) is 2. The van der Waals surface area contributed by atoms with Crippen LogP contribution >= 0.6 is 0 Å². The first kappa shape index (κ1) is 10.4. The summed E-state index contributed by atoms with van der Waals surface area (Å²) in [5.74, 6) is 0.618. The number of nitrogens with two attached hydrogens (primary N) is 2. The lowest BCUT2D eigenvalue weighted by atomic mass is 10.0. The smallest absolute Gasteiger partial charge is 0.129 e. The number of aryl methyl sites for hydroxylation is 1. The van der Waals surface area contributed by atoms with Crippen LogP contribution in [0.15, 0.2) is 18.5 Å². The zero-order valence-corrected chi connectivity index (χ0v) is 8.81. The highest BCUT2D eigenvalue weighted by Crippen LogP contribution is 2.28. The van der Waals surface area contributed by atoms with Crippen molar-refractivity contribution in [1.82, 2.24) is 15.2 Å². The molecule has 0 saturated carbocycles. The lowest BCUT2D eigenvalue weighted by molar-refractivity contribution is 0.221. The molecule has 6 N–H and O–H groups in total. The van der Waals surface area contributed by atoms with Gasteiger partial charge >= 0.3 is 0 Å². The summed E-state index contributed by atoms with van der Waals surface area (Å²) in [6, 6.07) is 1.78. The molecule has 16 heavy (non-hydrogen) atoms. The fourth-order valence-corrected chi connectivity index (χ4v) is 1.51. The topological polar surface area (TPSA) is 114 Å². The molecule has 0 amide bonds. The first-order chi connectivity index (χ1) is 7.59. The molecular formula is C10H13N5O. The lowest BCUT2D eigenvalue weighted by Gasteiger charge is -2.12. The van der Waals surface area contributed by atoms with Crippen molar-refractivity contribution in [2.75, 3.05) is 11.5 Å². The summed E-state index contributed by atoms with van der Waals surface area (Å²) in [4.78, 5) is 3.99. The predicted octanol–water partition coefficient (Wildman–Crippen LogP) is 0.359. The molecule has 1 unspecified atom stereocenters. The van der Waals surface area contributed by atoms with Crippen molar-refractivity contribution in [2.45, 2.75) is 13.0 Å². The van der Waals surface area contributed by atoms with Crippen LogP contribution < -0.4 is 11.5 Å². The van der Waals surface area contributed by atoms with Crippen LogP contribution in [0, 0.1) is 6.92 Å². The fraction of sp³-hybridized carbons (Fsp3) is 0.200. The Morgan fingerprint density at radius 2 is 2.06 bits per heavy atom. The molecule has 2 rings (SSSR count). The van der Waals surface area contributed by atoms with E-state index in [1.165, 1.54) is 6.20 Å². The van der Waals surface area contributed by atoms with Gasteiger partial charge in [0.15, 0.2) is 0 Å². The molecule has 0 aliphatic rings. The van der Waals surface area contributed by atoms with Crippen molar-refractivity contribution < 1.29 is 5.11 Å². The van der Waals surface area contributed by atoms with Crippen LogP contribution in [0.5, 0.6) is 0 Å². The number of aromatic amines is 1. The number of aliphatic hydroxyl groups is 1. The van der Waals surface area contributed by atoms with Crippen LogP contribution in [0.2, 0.25) is 0 Å². The third-order valence-corrected chi connectivity index (χ3v) is 2.38. The molecule has 0 bridgehead atoms. The highest BCUT2D eigenvalue weighted by molar-refractivity contribution is 5.50. The summed E-state index contributed by atoms with van der Waals surface area (Å²) >= 11 is 0. The molecule has 1 atom stereocenters. The minimum atomic E-state index is -0.911. The number of hydrogen-bond acceptors (Lipinski definition) is 5. The normalized spacial score (nSPS) is 12.6. The number of aliphatic hydroxyl groups excluding tert-OH is 1. The van der Waals surface area contributed by atoms with E-state index in [1.54, 1.807) is 12.3 Å². The van der Waals surface area contributed by atoms with E-state index in [0.717, 1.165) is 5.56 Å². The van der Waals surface area contributed by atoms with Gasteiger partial charge in [-0.1, -0.05) is 0 Å². The first-order valence-electron chi connectivity index (χ1n) is 4.78. The third-order valence-electron chi connectivity index (χ3n) is 2.38. The molecule has 2 aromatic rings. The van der Waals surface area contributed by atoms with Crippen LogP contribution in [0.25, 0.3) is 0 Å². The Hall–Kier alpha value is -2.08. The Balaban J connectivity index is 2.45. The molecule has 6 heteroatoms. The number of anilines is 2. The quantitative estimate of drug-likeness (QED) is 0.582. The standard InChI is InChI=1S/C10H13N5O/c1-5-2-6(9(11)13-3-5)8(16)7-4-14-15-10(7)12/h2-4,8,16H,1H3,(H2,11,13)(H3,12,14,15). The number of aromatic nitrogens is 3. The van der Waals surface area contributed by atoms with E-state index < -0.39 is 6.10 Å². The van der Waals surface area contributed by atoms with Gasteiger partial charge in [-0.15, -0.1) is 0 Å². The van der Waals surface area contributed by atoms with Crippen molar-refractivity contribution in [2.24, 2.45) is 0 Å². The van der Waals surface area contributed by atoms with Crippen molar-refractivity contribution in [1.29, 1.82) is 0 Å². The van der Waals surface area contributed by atoms with Gasteiger partial charge in [0.1, 0.15) is 17.7 Å². The van der Waals surface area contributed by atoms with Crippen molar-refractivity contribution in [3.8, 4) is 0 Å². The number of nitrogen functional groups attached to an aromatic ring is 2. The summed E-state index contributed by atoms with van der Waals surface area (Å²) in [5, 5.41) is 16.4. The van der Waals surface area contributed by atoms with E-state index in [9.17, 15) is 5.11 Å². The molecule has 2 aromatic heterocycles. The number of nitrogens with one attached hydrogen (secondary N) is 1. The van der Waals surface area contributed by atoms with Crippen LogP contribution in [-0.2, 0) is 0 Å². The van der Waals surface area contributed by atoms with E-state index in [-0.39, 0.29) is 0 Å². The summed E-state index contributed by atoms with van der Waals surface area (Å²) in [6.07, 6.45) is 2.21. The largest absolute Gasteiger partial charge is 0.384 e. The van der Waals surface area contributed by atoms with E-state index in [1.807, 2.05) is 6.92 Å². The maximum absolute atomic E-state index is 10.1. The molecule has 0 aromatic carbocycles. The van der Waals surface area contributed by atoms with Crippen molar-refractivity contribution in [3.63, 3.8) is 0 Å². The monoisotopic (exact) mass is 219 g/mol. The first-order valence-corrected chi connectivity index (χ1v) is 4.78. The average Bonchev–Trinajstić information content (AvgIpc) is 2.67. The van der Waals surface area contributed by atoms with Gasteiger partial charge in [-0.3, -0.25) is 5.10 Å². The molecule has 6 nitrogen and oxygen atoms in total. The van der Waals surface area contributed by atoms with Gasteiger partial charge in [0.05, 0.1) is 6.20 Å². The van der Waals surface area contributed by atoms with E-state index >= 15 is 0 Å². The minimum Gasteiger partial charge on any atom is -0.384 e. The van der Waals surface area contributed by atoms with Crippen LogP contribution in [0.1, 0.15) is 22.8 Å². The SMILES string of the molecule is Cc1cnc(N)c(C(O)c2cn[nH]c2N)c1. The number of H-pyrrole nitrogens is 1. The molecule has 0 aliphatic heterocycles. The Kier molecular flexibility index (Phi) is 2.49. The van der Waals surface area contributed by atoms with Crippen LogP contribution in [-0.4, -0.2) is 20.3 Å². The van der Waals surface area contributed by atoms with Gasteiger partial charge < -0.3 is 16.6 Å². The molecule has 0 fully saturated rings. The number of hydrogen-bond donors (Lipinski definition) is 4. The summed E-state index contributed by atoms with van der Waals surface area (Å²) in [7, 11) is 0. The van der Waals surface area contributed by atoms with Crippen molar-refractivity contribution in [3.05, 3.63) is 35.2 Å². The van der Waals surface area contributed by atoms with Gasteiger partial charge in [-0.2, -0.15) is 5.10 Å². The summed E-state index contributed by atoms with van der Waals surface area (Å²) in [6.45, 7) is 1.88. The second-order valence-corrected chi connectivity index (χ2v) is 3.63. The van der Waals surface area contributed by atoms with Crippen LogP contribution in [0.3, 0.4) is 0 Å². The Labute approximate surface area is 92.3 Å². The van der Waals surface area contributed by atoms with Gasteiger partial charge in [0, 0.05) is 17.3 Å². The second kappa shape index (κ2) is 3.82. The van der Waals surface area contributed by atoms with E-state index in [4.69, 9.17) is 11.5 Å². The van der Waals surface area contributed by atoms with E-state index in [2.05, 4.69) is 15.2 Å². The molecule has 0 aliphatic carbocycles. The van der Waals surface area contributed by atoms with E-state index in [0.29, 0.717) is 22.8 Å². The summed E-state index contributed by atoms with van der Waals surface area (Å²) in [5.41, 5.74) is 13.3. The summed E-state index contributed by atoms with van der Waals surface area (Å²) < 4.78 is 0. The molecule has 0 spiro atoms. The Bertz CT molecular complexity index is 508. The maximum atomic E-state index is 10.1. The second-order valence-electron chi connectivity index (χ2n) is 3.63. The molecule has 2 heterocycles. The zero-order chi connectivity index (χ0) is 11.7. The molecular weight excluding hydrogens is 206 g/mol. The van der Waals surface area contributed by atoms with Crippen molar-refractivity contribution >= 4 is 11.6 Å². The molecule has 0 radical (unpaired) electrons. The lowest BCUT2D eigenvalue weighted by Crippen LogP contribution is -2.07. The third kappa shape index (κ3) is 1.70. The number of rotatable bonds is 2. The fourth-order valence-electron chi connectivity index (χ4n) is 1.51. The van der Waals surface area contributed by atoms with Gasteiger partial charge in [-0.05, 0) is 18.6 Å². The highest BCUT2D eigenvalue weighted by Gasteiger charge is 2.18. The van der Waals surface area contributed by atoms with Crippen LogP contribution in [0.4, 0.5) is 11.6 Å². The Morgan fingerprint density at radius 1 is 1.31 bits per heavy atom. The predicted molar refractivity (Wildman–Crippen MR) is 60.4 cm³/mol. The minimum absolute atomic E-state index is 0.290. The maximum Gasteiger partial charge on any atom is 0.129 e. The molecule has 84 valence electrons. The van der Waals surface area contributed by atoms with Gasteiger partial charge in [0.25, 0.3) is 0 Å². The zero-order valence-electron chi connectivity index (χ0n) is 8.81. The number of pyridine rings is 1. The van der Waals surface area contributed by atoms with Gasteiger partial charge in [0.2, 0.25) is 0 Å². The highest BCUT2D eigenvalue weighted by atomic mass is 16.3. The molecule has 0 saturated heterocycles.